The topological polar surface area (TPSA) is 46.5 Å². The summed E-state index contributed by atoms with van der Waals surface area (Å²) in [5.41, 5.74) is 0. The van der Waals surface area contributed by atoms with Gasteiger partial charge in [-0.05, 0) is 6.92 Å². The van der Waals surface area contributed by atoms with Crippen LogP contribution in [0.5, 0.6) is 0 Å². The summed E-state index contributed by atoms with van der Waals surface area (Å²) < 4.78 is 4.87. The Balaban J connectivity index is 2.57. The quantitative estimate of drug-likeness (QED) is 0.498. The molecule has 1 aliphatic heterocycles. The second kappa shape index (κ2) is 2.58. The minimum atomic E-state index is -0.517. The lowest BCUT2D eigenvalue weighted by Gasteiger charge is -2.29. The fourth-order valence-electron chi connectivity index (χ4n) is 1.03. The molecule has 0 bridgehead atoms. The van der Waals surface area contributed by atoms with E-state index < -0.39 is 6.10 Å². The van der Waals surface area contributed by atoms with Crippen LogP contribution in [-0.4, -0.2) is 23.3 Å². The lowest BCUT2D eigenvalue weighted by Crippen LogP contribution is -2.38. The summed E-state index contributed by atoms with van der Waals surface area (Å²) >= 11 is 0. The third-order valence-electron chi connectivity index (χ3n) is 2.04. The van der Waals surface area contributed by atoms with Crippen LogP contribution in [-0.2, 0) is 9.53 Å². The Bertz CT molecular complexity index is 130. The van der Waals surface area contributed by atoms with E-state index >= 15 is 0 Å². The van der Waals surface area contributed by atoms with Crippen LogP contribution in [0.4, 0.5) is 0 Å². The van der Waals surface area contributed by atoms with Gasteiger partial charge in [0.05, 0.1) is 12.5 Å². The van der Waals surface area contributed by atoms with Crippen molar-refractivity contribution in [1.82, 2.24) is 0 Å². The van der Waals surface area contributed by atoms with E-state index in [0.717, 1.165) is 0 Å². The molecule has 0 aromatic rings. The maximum Gasteiger partial charge on any atom is 0.308 e. The lowest BCUT2D eigenvalue weighted by atomic mass is 9.94. The molecule has 0 aromatic heterocycles. The largest absolute Gasteiger partial charge is 0.462 e. The molecule has 1 fully saturated rings. The van der Waals surface area contributed by atoms with Crippen molar-refractivity contribution < 1.29 is 14.6 Å². The van der Waals surface area contributed by atoms with Crippen LogP contribution in [0.25, 0.3) is 0 Å². The van der Waals surface area contributed by atoms with Gasteiger partial charge in [-0.2, -0.15) is 0 Å². The molecule has 58 valence electrons. The van der Waals surface area contributed by atoms with Crippen LogP contribution in [0.1, 0.15) is 20.3 Å². The number of hydrogen-bond donors (Lipinski definition) is 1. The first kappa shape index (κ1) is 7.54. The summed E-state index contributed by atoms with van der Waals surface area (Å²) in [6.07, 6.45) is -0.515. The van der Waals surface area contributed by atoms with E-state index in [1.54, 1.807) is 6.92 Å². The molecule has 10 heavy (non-hydrogen) atoms. The molecule has 3 heteroatoms. The Morgan fingerprint density at radius 2 is 2.20 bits per heavy atom. The molecule has 0 unspecified atom stereocenters. The van der Waals surface area contributed by atoms with Gasteiger partial charge in [-0.15, -0.1) is 0 Å². The van der Waals surface area contributed by atoms with Gasteiger partial charge in [-0.1, -0.05) is 6.92 Å². The molecular weight excluding hydrogens is 132 g/mol. The molecule has 1 aliphatic rings. The number of rotatable bonds is 0. The number of hydrogen-bond acceptors (Lipinski definition) is 3. The normalized spacial score (nSPS) is 41.1. The molecule has 1 N–H and O–H groups in total. The van der Waals surface area contributed by atoms with Crippen LogP contribution in [0.3, 0.4) is 0 Å². The van der Waals surface area contributed by atoms with Crippen molar-refractivity contribution in [2.45, 2.75) is 32.5 Å². The number of aliphatic hydroxyl groups is 1. The van der Waals surface area contributed by atoms with Crippen molar-refractivity contribution >= 4 is 5.97 Å². The van der Waals surface area contributed by atoms with E-state index in [4.69, 9.17) is 4.74 Å². The third kappa shape index (κ3) is 1.29. The maximum absolute atomic E-state index is 10.6. The highest BCUT2D eigenvalue weighted by atomic mass is 16.5. The molecule has 1 heterocycles. The summed E-state index contributed by atoms with van der Waals surface area (Å²) in [7, 11) is 0. The second-order valence-electron chi connectivity index (χ2n) is 2.83. The van der Waals surface area contributed by atoms with Crippen LogP contribution in [0.15, 0.2) is 0 Å². The van der Waals surface area contributed by atoms with E-state index in [1.165, 1.54) is 0 Å². The smallest absolute Gasteiger partial charge is 0.308 e. The minimum absolute atomic E-state index is 0.0673. The molecule has 3 atom stereocenters. The zero-order valence-electron chi connectivity index (χ0n) is 6.20. The van der Waals surface area contributed by atoms with Gasteiger partial charge in [-0.25, -0.2) is 0 Å². The summed E-state index contributed by atoms with van der Waals surface area (Å²) in [5.74, 6) is -0.226. The fourth-order valence-corrected chi connectivity index (χ4v) is 1.03. The molecule has 1 rings (SSSR count). The van der Waals surface area contributed by atoms with Gasteiger partial charge >= 0.3 is 5.97 Å². The average Bonchev–Trinajstić information content (AvgIpc) is 1.82. The van der Waals surface area contributed by atoms with Gasteiger partial charge in [0.1, 0.15) is 6.10 Å². The summed E-state index contributed by atoms with van der Waals surface area (Å²) in [5, 5.41) is 9.22. The van der Waals surface area contributed by atoms with Gasteiger partial charge in [0.2, 0.25) is 0 Å². The Labute approximate surface area is 60.0 Å². The maximum atomic E-state index is 10.6. The van der Waals surface area contributed by atoms with E-state index in [9.17, 15) is 9.90 Å². The molecule has 0 aliphatic carbocycles. The standard InChI is InChI=1S/C7H12O3/c1-4-5(2)10-7(9)3-6(4)8/h4-6,8H,3H2,1-2H3/t4-,5-,6-/m1/s1. The molecule has 0 radical (unpaired) electrons. The van der Waals surface area contributed by atoms with E-state index in [0.29, 0.717) is 0 Å². The molecule has 0 aromatic carbocycles. The first-order valence-electron chi connectivity index (χ1n) is 3.49. The summed E-state index contributed by atoms with van der Waals surface area (Å²) in [4.78, 5) is 10.6. The Morgan fingerprint density at radius 1 is 1.60 bits per heavy atom. The Hall–Kier alpha value is -0.570. The number of carbonyl (C=O) groups excluding carboxylic acids is 1. The Kier molecular flexibility index (Phi) is 1.94. The number of cyclic esters (lactones) is 1. The van der Waals surface area contributed by atoms with E-state index in [-0.39, 0.29) is 24.4 Å². The molecule has 0 amide bonds. The summed E-state index contributed by atoms with van der Waals surface area (Å²) in [6.45, 7) is 3.67. The zero-order chi connectivity index (χ0) is 7.72. The van der Waals surface area contributed by atoms with E-state index in [1.807, 2.05) is 6.92 Å². The predicted molar refractivity (Wildman–Crippen MR) is 35.3 cm³/mol. The zero-order valence-corrected chi connectivity index (χ0v) is 6.20. The van der Waals surface area contributed by atoms with Crippen molar-refractivity contribution in [2.75, 3.05) is 0 Å². The Morgan fingerprint density at radius 3 is 2.70 bits per heavy atom. The number of esters is 1. The van der Waals surface area contributed by atoms with Crippen LogP contribution in [0, 0.1) is 5.92 Å². The number of aliphatic hydroxyl groups excluding tert-OH is 1. The average molecular weight is 144 g/mol. The van der Waals surface area contributed by atoms with Gasteiger partial charge in [0.25, 0.3) is 0 Å². The number of carbonyl (C=O) groups is 1. The molecular formula is C7H12O3. The predicted octanol–water partition coefficient (Wildman–Crippen LogP) is 0.319. The highest BCUT2D eigenvalue weighted by molar-refractivity contribution is 5.71. The van der Waals surface area contributed by atoms with Crippen molar-refractivity contribution in [3.05, 3.63) is 0 Å². The van der Waals surface area contributed by atoms with Gasteiger partial charge < -0.3 is 9.84 Å². The first-order chi connectivity index (χ1) is 4.61. The monoisotopic (exact) mass is 144 g/mol. The van der Waals surface area contributed by atoms with Gasteiger partial charge in [-0.3, -0.25) is 4.79 Å². The highest BCUT2D eigenvalue weighted by Crippen LogP contribution is 2.20. The van der Waals surface area contributed by atoms with Crippen molar-refractivity contribution in [3.8, 4) is 0 Å². The van der Waals surface area contributed by atoms with Crippen LogP contribution in [0.2, 0.25) is 0 Å². The lowest BCUT2D eigenvalue weighted by molar-refractivity contribution is -0.165. The van der Waals surface area contributed by atoms with Crippen LogP contribution >= 0.6 is 0 Å². The molecule has 0 spiro atoms. The molecule has 0 saturated carbocycles. The van der Waals surface area contributed by atoms with Crippen molar-refractivity contribution in [1.29, 1.82) is 0 Å². The van der Waals surface area contributed by atoms with Crippen LogP contribution < -0.4 is 0 Å². The van der Waals surface area contributed by atoms with Gasteiger partial charge in [0.15, 0.2) is 0 Å². The second-order valence-corrected chi connectivity index (χ2v) is 2.83. The van der Waals surface area contributed by atoms with E-state index in [2.05, 4.69) is 0 Å². The van der Waals surface area contributed by atoms with Crippen molar-refractivity contribution in [2.24, 2.45) is 5.92 Å². The summed E-state index contributed by atoms with van der Waals surface area (Å²) in [6, 6.07) is 0. The van der Waals surface area contributed by atoms with Crippen molar-refractivity contribution in [3.63, 3.8) is 0 Å². The molecule has 3 nitrogen and oxygen atoms in total. The van der Waals surface area contributed by atoms with Gasteiger partial charge in [0, 0.05) is 5.92 Å². The minimum Gasteiger partial charge on any atom is -0.462 e. The SMILES string of the molecule is C[C@H]1[C@H](O)CC(=O)O[C@@H]1C. The highest BCUT2D eigenvalue weighted by Gasteiger charge is 2.31. The first-order valence-corrected chi connectivity index (χ1v) is 3.49. The molecule has 1 saturated heterocycles. The fraction of sp³-hybridized carbons (Fsp3) is 0.857. The third-order valence-corrected chi connectivity index (χ3v) is 2.04. The number of ether oxygens (including phenoxy) is 1.